The smallest absolute Gasteiger partial charge is 0.272 e. The van der Waals surface area contributed by atoms with E-state index < -0.39 is 0 Å². The zero-order valence-corrected chi connectivity index (χ0v) is 18.8. The number of benzene rings is 1. The molecule has 0 radical (unpaired) electrons. The van der Waals surface area contributed by atoms with Gasteiger partial charge in [0.05, 0.1) is 22.8 Å². The SMILES string of the molecule is O=C(Nc1nc2c(s1)CN(C(=O)c1cc(-c3ccc4c(c3)OCO4)n[nH]1)CC2)c1cccs1. The average Bonchev–Trinajstić information content (AvgIpc) is 3.63. The van der Waals surface area contributed by atoms with Crippen LogP contribution in [0.5, 0.6) is 11.5 Å². The molecule has 0 bridgehead atoms. The second-order valence-electron chi connectivity index (χ2n) is 7.53. The maximum Gasteiger partial charge on any atom is 0.272 e. The number of H-pyrrole nitrogens is 1. The van der Waals surface area contributed by atoms with Gasteiger partial charge in [0.25, 0.3) is 11.8 Å². The molecule has 166 valence electrons. The number of thiazole rings is 1. The summed E-state index contributed by atoms with van der Waals surface area (Å²) >= 11 is 2.79. The van der Waals surface area contributed by atoms with Gasteiger partial charge in [-0.25, -0.2) is 4.98 Å². The van der Waals surface area contributed by atoms with E-state index in [0.29, 0.717) is 52.4 Å². The molecule has 3 aromatic heterocycles. The lowest BCUT2D eigenvalue weighted by Gasteiger charge is -2.25. The van der Waals surface area contributed by atoms with Crippen molar-refractivity contribution < 1.29 is 19.1 Å². The Bertz CT molecular complexity index is 1360. The molecule has 33 heavy (non-hydrogen) atoms. The summed E-state index contributed by atoms with van der Waals surface area (Å²) in [5, 5.41) is 12.4. The third-order valence-corrected chi connectivity index (χ3v) is 7.33. The molecule has 2 aliphatic rings. The number of carbonyl (C=O) groups excluding carboxylic acids is 2. The third-order valence-electron chi connectivity index (χ3n) is 5.46. The van der Waals surface area contributed by atoms with Crippen molar-refractivity contribution in [2.75, 3.05) is 18.7 Å². The molecule has 0 saturated carbocycles. The van der Waals surface area contributed by atoms with Crippen LogP contribution < -0.4 is 14.8 Å². The zero-order chi connectivity index (χ0) is 22.4. The van der Waals surface area contributed by atoms with Gasteiger partial charge in [-0.2, -0.15) is 5.10 Å². The van der Waals surface area contributed by atoms with E-state index >= 15 is 0 Å². The van der Waals surface area contributed by atoms with Crippen molar-refractivity contribution in [3.8, 4) is 22.8 Å². The Kier molecular flexibility index (Phi) is 4.84. The highest BCUT2D eigenvalue weighted by atomic mass is 32.1. The van der Waals surface area contributed by atoms with Gasteiger partial charge in [-0.3, -0.25) is 20.0 Å². The number of thiophene rings is 1. The first kappa shape index (κ1) is 19.9. The number of hydrogen-bond acceptors (Lipinski definition) is 8. The molecule has 5 heterocycles. The number of nitrogens with one attached hydrogen (secondary N) is 2. The van der Waals surface area contributed by atoms with Crippen molar-refractivity contribution >= 4 is 39.6 Å². The van der Waals surface area contributed by atoms with Crippen LogP contribution >= 0.6 is 22.7 Å². The van der Waals surface area contributed by atoms with E-state index in [-0.39, 0.29) is 18.6 Å². The summed E-state index contributed by atoms with van der Waals surface area (Å²) < 4.78 is 10.8. The van der Waals surface area contributed by atoms with Crippen LogP contribution in [0.3, 0.4) is 0 Å². The molecule has 0 saturated heterocycles. The van der Waals surface area contributed by atoms with E-state index in [2.05, 4.69) is 20.5 Å². The normalized spacial score (nSPS) is 14.2. The first-order valence-electron chi connectivity index (χ1n) is 10.2. The van der Waals surface area contributed by atoms with E-state index in [0.717, 1.165) is 16.1 Å². The minimum atomic E-state index is -0.169. The van der Waals surface area contributed by atoms with Crippen molar-refractivity contribution in [1.82, 2.24) is 20.1 Å². The number of nitrogens with zero attached hydrogens (tertiary/aromatic N) is 3. The molecule has 11 heteroatoms. The number of aromatic nitrogens is 3. The summed E-state index contributed by atoms with van der Waals surface area (Å²) in [6.45, 7) is 1.20. The molecule has 0 unspecified atom stereocenters. The van der Waals surface area contributed by atoms with Crippen molar-refractivity contribution in [3.05, 3.63) is 62.9 Å². The molecule has 0 atom stereocenters. The molecule has 1 aromatic carbocycles. The first-order valence-corrected chi connectivity index (χ1v) is 11.9. The van der Waals surface area contributed by atoms with Gasteiger partial charge in [0.1, 0.15) is 5.69 Å². The molecular weight excluding hydrogens is 462 g/mol. The summed E-state index contributed by atoms with van der Waals surface area (Å²) in [5.74, 6) is 1.07. The maximum absolute atomic E-state index is 13.1. The second kappa shape index (κ2) is 8.01. The van der Waals surface area contributed by atoms with Crippen molar-refractivity contribution in [2.45, 2.75) is 13.0 Å². The largest absolute Gasteiger partial charge is 0.454 e. The van der Waals surface area contributed by atoms with Gasteiger partial charge in [0.2, 0.25) is 6.79 Å². The van der Waals surface area contributed by atoms with E-state index in [1.807, 2.05) is 29.6 Å². The number of fused-ring (bicyclic) bond motifs is 2. The van der Waals surface area contributed by atoms with Gasteiger partial charge < -0.3 is 14.4 Å². The fourth-order valence-corrected chi connectivity index (χ4v) is 5.43. The topological polar surface area (TPSA) is 109 Å². The van der Waals surface area contributed by atoms with Gasteiger partial charge in [0, 0.05) is 23.4 Å². The number of carbonyl (C=O) groups is 2. The van der Waals surface area contributed by atoms with Crippen LogP contribution in [0, 0.1) is 0 Å². The Balaban J connectivity index is 1.16. The second-order valence-corrected chi connectivity index (χ2v) is 9.56. The first-order chi connectivity index (χ1) is 16.1. The third kappa shape index (κ3) is 3.74. The van der Waals surface area contributed by atoms with Crippen LogP contribution in [0.15, 0.2) is 41.8 Å². The number of anilines is 1. The van der Waals surface area contributed by atoms with E-state index in [1.165, 1.54) is 22.7 Å². The van der Waals surface area contributed by atoms with Crippen LogP contribution in [-0.2, 0) is 13.0 Å². The molecule has 0 fully saturated rings. The van der Waals surface area contributed by atoms with Gasteiger partial charge in [0.15, 0.2) is 16.6 Å². The maximum atomic E-state index is 13.1. The average molecular weight is 480 g/mol. The lowest BCUT2D eigenvalue weighted by Crippen LogP contribution is -2.35. The van der Waals surface area contributed by atoms with Crippen molar-refractivity contribution in [2.24, 2.45) is 0 Å². The highest BCUT2D eigenvalue weighted by Gasteiger charge is 2.27. The quantitative estimate of drug-likeness (QED) is 0.461. The summed E-state index contributed by atoms with van der Waals surface area (Å²) in [6.07, 6.45) is 0.635. The minimum Gasteiger partial charge on any atom is -0.454 e. The predicted octanol–water partition coefficient (Wildman–Crippen LogP) is 3.77. The Morgan fingerprint density at radius 2 is 2.06 bits per heavy atom. The van der Waals surface area contributed by atoms with E-state index in [1.54, 1.807) is 17.0 Å². The summed E-state index contributed by atoms with van der Waals surface area (Å²) in [4.78, 5) is 33.3. The number of aromatic amines is 1. The molecule has 6 rings (SSSR count). The van der Waals surface area contributed by atoms with E-state index in [9.17, 15) is 9.59 Å². The minimum absolute atomic E-state index is 0.127. The highest BCUT2D eigenvalue weighted by molar-refractivity contribution is 7.16. The molecule has 0 spiro atoms. The monoisotopic (exact) mass is 479 g/mol. The zero-order valence-electron chi connectivity index (χ0n) is 17.2. The number of hydrogen-bond donors (Lipinski definition) is 2. The molecule has 2 aliphatic heterocycles. The van der Waals surface area contributed by atoms with Crippen LogP contribution in [0.4, 0.5) is 5.13 Å². The molecular formula is C22H17N5O4S2. The summed E-state index contributed by atoms with van der Waals surface area (Å²) in [5.41, 5.74) is 2.84. The van der Waals surface area contributed by atoms with Crippen LogP contribution in [0.2, 0.25) is 0 Å². The molecule has 0 aliphatic carbocycles. The lowest BCUT2D eigenvalue weighted by molar-refractivity contribution is 0.0730. The Hall–Kier alpha value is -3.70. The number of amides is 2. The van der Waals surface area contributed by atoms with Gasteiger partial charge in [-0.05, 0) is 35.7 Å². The fraction of sp³-hybridized carbons (Fsp3) is 0.182. The van der Waals surface area contributed by atoms with Crippen molar-refractivity contribution in [3.63, 3.8) is 0 Å². The standard InChI is InChI=1S/C22H17N5O4S2/c28-20(18-2-1-7-32-18)24-22-23-13-5-6-27(10-19(13)33-22)21(29)15-9-14(25-26-15)12-3-4-16-17(8-12)31-11-30-16/h1-4,7-9H,5-6,10-11H2,(H,25,26)(H,23,24,28). The van der Waals surface area contributed by atoms with Crippen LogP contribution in [0.1, 0.15) is 30.7 Å². The van der Waals surface area contributed by atoms with E-state index in [4.69, 9.17) is 9.47 Å². The fourth-order valence-electron chi connectivity index (χ4n) is 3.79. The predicted molar refractivity (Wildman–Crippen MR) is 123 cm³/mol. The summed E-state index contributed by atoms with van der Waals surface area (Å²) in [6, 6.07) is 10.9. The Labute approximate surface area is 196 Å². The van der Waals surface area contributed by atoms with Crippen molar-refractivity contribution in [1.29, 1.82) is 0 Å². The molecule has 2 amide bonds. The van der Waals surface area contributed by atoms with Crippen LogP contribution in [-0.4, -0.2) is 45.2 Å². The van der Waals surface area contributed by atoms with Gasteiger partial charge in [-0.15, -0.1) is 11.3 Å². The molecule has 4 aromatic rings. The summed E-state index contributed by atoms with van der Waals surface area (Å²) in [7, 11) is 0. The molecule has 9 nitrogen and oxygen atoms in total. The van der Waals surface area contributed by atoms with Crippen LogP contribution in [0.25, 0.3) is 11.3 Å². The number of ether oxygens (including phenoxy) is 2. The van der Waals surface area contributed by atoms with Gasteiger partial charge >= 0.3 is 0 Å². The highest BCUT2D eigenvalue weighted by Crippen LogP contribution is 2.36. The Morgan fingerprint density at radius 3 is 2.94 bits per heavy atom. The van der Waals surface area contributed by atoms with Gasteiger partial charge in [-0.1, -0.05) is 17.4 Å². The molecule has 2 N–H and O–H groups in total. The Morgan fingerprint density at radius 1 is 1.15 bits per heavy atom. The lowest BCUT2D eigenvalue weighted by atomic mass is 10.1. The number of rotatable bonds is 4.